The van der Waals surface area contributed by atoms with Gasteiger partial charge in [-0.15, -0.1) is 10.2 Å². The van der Waals surface area contributed by atoms with E-state index in [0.29, 0.717) is 13.1 Å². The third-order valence-electron chi connectivity index (χ3n) is 4.95. The maximum atomic E-state index is 12.6. The Balaban J connectivity index is 1.45. The number of amides is 1. The zero-order valence-corrected chi connectivity index (χ0v) is 17.3. The van der Waals surface area contributed by atoms with E-state index in [9.17, 15) is 4.79 Å². The molecule has 4 rings (SSSR count). The summed E-state index contributed by atoms with van der Waals surface area (Å²) in [6, 6.07) is 7.50. The van der Waals surface area contributed by atoms with Crippen LogP contribution in [-0.4, -0.2) is 51.5 Å². The number of hydrogen-bond donors (Lipinski definition) is 0. The van der Waals surface area contributed by atoms with Crippen LogP contribution in [0.4, 0.5) is 5.95 Å². The van der Waals surface area contributed by atoms with Crippen LogP contribution >= 0.6 is 11.8 Å². The van der Waals surface area contributed by atoms with Gasteiger partial charge in [0.1, 0.15) is 11.5 Å². The van der Waals surface area contributed by atoms with E-state index in [-0.39, 0.29) is 11.7 Å². The monoisotopic (exact) mass is 415 g/mol. The second kappa shape index (κ2) is 9.21. The van der Waals surface area contributed by atoms with Gasteiger partial charge in [-0.1, -0.05) is 11.8 Å². The van der Waals surface area contributed by atoms with Crippen molar-refractivity contribution in [1.29, 1.82) is 0 Å². The predicted octanol–water partition coefficient (Wildman–Crippen LogP) is 3.25. The van der Waals surface area contributed by atoms with Gasteiger partial charge in [-0.2, -0.15) is 0 Å². The first-order valence-electron chi connectivity index (χ1n) is 9.80. The number of rotatable bonds is 8. The van der Waals surface area contributed by atoms with Crippen LogP contribution in [0.25, 0.3) is 0 Å². The van der Waals surface area contributed by atoms with Crippen molar-refractivity contribution in [2.24, 2.45) is 0 Å². The zero-order valence-electron chi connectivity index (χ0n) is 16.5. The Morgan fingerprint density at radius 2 is 1.83 bits per heavy atom. The fourth-order valence-corrected chi connectivity index (χ4v) is 4.25. The van der Waals surface area contributed by atoms with Crippen molar-refractivity contribution in [3.63, 3.8) is 0 Å². The number of carbonyl (C=O) groups excluding carboxylic acids is 1. The van der Waals surface area contributed by atoms with Crippen LogP contribution < -0.4 is 4.90 Å². The minimum Gasteiger partial charge on any atom is -0.467 e. The number of nitrogens with zero attached hydrogens (tertiary/aromatic N) is 5. The molecular weight excluding hydrogens is 390 g/mol. The van der Waals surface area contributed by atoms with Crippen molar-refractivity contribution >= 4 is 23.6 Å². The lowest BCUT2D eigenvalue weighted by Crippen LogP contribution is -2.32. The lowest BCUT2D eigenvalue weighted by Gasteiger charge is -2.27. The molecule has 0 N–H and O–H groups in total. The molecule has 0 radical (unpaired) electrons. The molecule has 0 atom stereocenters. The summed E-state index contributed by atoms with van der Waals surface area (Å²) in [4.78, 5) is 16.5. The second-order valence-electron chi connectivity index (χ2n) is 7.11. The van der Waals surface area contributed by atoms with E-state index in [4.69, 9.17) is 8.83 Å². The van der Waals surface area contributed by atoms with Gasteiger partial charge in [-0.3, -0.25) is 9.36 Å². The van der Waals surface area contributed by atoms with Gasteiger partial charge >= 0.3 is 0 Å². The van der Waals surface area contributed by atoms with Gasteiger partial charge < -0.3 is 18.6 Å². The maximum absolute atomic E-state index is 12.6. The lowest BCUT2D eigenvalue weighted by atomic mass is 10.1. The number of hydrogen-bond acceptors (Lipinski definition) is 7. The van der Waals surface area contributed by atoms with Crippen LogP contribution in [0, 0.1) is 0 Å². The molecule has 3 aromatic heterocycles. The summed E-state index contributed by atoms with van der Waals surface area (Å²) < 4.78 is 12.9. The van der Waals surface area contributed by atoms with E-state index in [1.54, 1.807) is 24.5 Å². The number of piperidine rings is 1. The highest BCUT2D eigenvalue weighted by molar-refractivity contribution is 7.99. The fraction of sp³-hybridized carbons (Fsp3) is 0.450. The summed E-state index contributed by atoms with van der Waals surface area (Å²) in [7, 11) is 1.78. The quantitative estimate of drug-likeness (QED) is 0.522. The third kappa shape index (κ3) is 4.84. The number of furan rings is 2. The number of carbonyl (C=O) groups is 1. The fourth-order valence-electron chi connectivity index (χ4n) is 3.37. The minimum absolute atomic E-state index is 0.0125. The summed E-state index contributed by atoms with van der Waals surface area (Å²) in [5.41, 5.74) is 0. The molecule has 1 aliphatic heterocycles. The van der Waals surface area contributed by atoms with Crippen molar-refractivity contribution < 1.29 is 13.6 Å². The molecule has 0 saturated carbocycles. The molecule has 9 heteroatoms. The van der Waals surface area contributed by atoms with Crippen LogP contribution in [0.3, 0.4) is 0 Å². The van der Waals surface area contributed by atoms with Crippen LogP contribution in [0.1, 0.15) is 30.8 Å². The molecule has 8 nitrogen and oxygen atoms in total. The van der Waals surface area contributed by atoms with Gasteiger partial charge in [-0.05, 0) is 43.5 Å². The molecule has 3 aromatic rings. The van der Waals surface area contributed by atoms with E-state index in [1.165, 1.54) is 18.2 Å². The predicted molar refractivity (Wildman–Crippen MR) is 110 cm³/mol. The molecule has 154 valence electrons. The van der Waals surface area contributed by atoms with Gasteiger partial charge in [0.2, 0.25) is 11.9 Å². The minimum atomic E-state index is 0.0125. The van der Waals surface area contributed by atoms with Gasteiger partial charge in [-0.25, -0.2) is 0 Å². The summed E-state index contributed by atoms with van der Waals surface area (Å²) in [5, 5.41) is 9.55. The Morgan fingerprint density at radius 1 is 1.10 bits per heavy atom. The highest BCUT2D eigenvalue weighted by Gasteiger charge is 2.22. The Hall–Kier alpha value is -2.68. The lowest BCUT2D eigenvalue weighted by molar-refractivity contribution is -0.127. The summed E-state index contributed by atoms with van der Waals surface area (Å²) in [6.45, 7) is 2.95. The standard InChI is InChI=1S/C20H25N5O3S/c1-23(13-16-7-5-11-27-16)18(26)15-29-20-22-21-19(24-9-3-2-4-10-24)25(20)14-17-8-6-12-28-17/h5-8,11-12H,2-4,9-10,13-15H2,1H3. The topological polar surface area (TPSA) is 80.5 Å². The van der Waals surface area contributed by atoms with E-state index in [2.05, 4.69) is 19.7 Å². The SMILES string of the molecule is CN(Cc1ccco1)C(=O)CSc1nnc(N2CCCCC2)n1Cc1ccco1. The molecule has 1 aliphatic rings. The molecule has 0 aromatic carbocycles. The van der Waals surface area contributed by atoms with Gasteiger partial charge in [0.25, 0.3) is 0 Å². The molecule has 0 aliphatic carbocycles. The van der Waals surface area contributed by atoms with E-state index >= 15 is 0 Å². The number of aromatic nitrogens is 3. The summed E-state index contributed by atoms with van der Waals surface area (Å²) >= 11 is 1.40. The number of thioether (sulfide) groups is 1. The largest absolute Gasteiger partial charge is 0.467 e. The average molecular weight is 416 g/mol. The highest BCUT2D eigenvalue weighted by atomic mass is 32.2. The molecule has 0 spiro atoms. The van der Waals surface area contributed by atoms with Crippen LogP contribution in [0.2, 0.25) is 0 Å². The first kappa shape index (κ1) is 19.6. The Bertz CT molecular complexity index is 901. The van der Waals surface area contributed by atoms with Gasteiger partial charge in [0.15, 0.2) is 5.16 Å². The summed E-state index contributed by atoms with van der Waals surface area (Å²) in [5.74, 6) is 2.75. The first-order valence-corrected chi connectivity index (χ1v) is 10.8. The van der Waals surface area contributed by atoms with Crippen LogP contribution in [0.15, 0.2) is 50.8 Å². The van der Waals surface area contributed by atoms with Crippen molar-refractivity contribution in [2.75, 3.05) is 30.8 Å². The van der Waals surface area contributed by atoms with Crippen molar-refractivity contribution in [2.45, 2.75) is 37.5 Å². The molecule has 4 heterocycles. The zero-order chi connectivity index (χ0) is 20.1. The van der Waals surface area contributed by atoms with Gasteiger partial charge in [0, 0.05) is 20.1 Å². The Kier molecular flexibility index (Phi) is 6.24. The highest BCUT2D eigenvalue weighted by Crippen LogP contribution is 2.26. The molecule has 0 bridgehead atoms. The van der Waals surface area contributed by atoms with E-state index in [0.717, 1.165) is 48.6 Å². The molecule has 29 heavy (non-hydrogen) atoms. The second-order valence-corrected chi connectivity index (χ2v) is 8.06. The van der Waals surface area contributed by atoms with Crippen molar-refractivity contribution in [1.82, 2.24) is 19.7 Å². The first-order chi connectivity index (χ1) is 14.2. The average Bonchev–Trinajstić information content (AvgIpc) is 3.50. The third-order valence-corrected chi connectivity index (χ3v) is 5.91. The normalized spacial score (nSPS) is 14.3. The van der Waals surface area contributed by atoms with Crippen molar-refractivity contribution in [3.8, 4) is 0 Å². The molecule has 1 saturated heterocycles. The molecule has 0 unspecified atom stereocenters. The van der Waals surface area contributed by atoms with Crippen LogP contribution in [-0.2, 0) is 17.9 Å². The smallest absolute Gasteiger partial charge is 0.233 e. The van der Waals surface area contributed by atoms with Crippen LogP contribution in [0.5, 0.6) is 0 Å². The number of anilines is 1. The molecular formula is C20H25N5O3S. The van der Waals surface area contributed by atoms with Gasteiger partial charge in [0.05, 0.1) is 31.4 Å². The van der Waals surface area contributed by atoms with Crippen molar-refractivity contribution in [3.05, 3.63) is 48.3 Å². The Morgan fingerprint density at radius 3 is 2.52 bits per heavy atom. The maximum Gasteiger partial charge on any atom is 0.233 e. The van der Waals surface area contributed by atoms with E-state index in [1.807, 2.05) is 24.3 Å². The Labute approximate surface area is 173 Å². The van der Waals surface area contributed by atoms with E-state index < -0.39 is 0 Å². The summed E-state index contributed by atoms with van der Waals surface area (Å²) in [6.07, 6.45) is 6.85. The molecule has 1 fully saturated rings. The molecule has 1 amide bonds.